The Kier molecular flexibility index (Phi) is 5.28. The molecule has 26 heavy (non-hydrogen) atoms. The number of halogens is 2. The second kappa shape index (κ2) is 7.81. The van der Waals surface area contributed by atoms with Crippen LogP contribution in [0, 0.1) is 5.82 Å². The summed E-state index contributed by atoms with van der Waals surface area (Å²) in [5.74, 6) is -0.298. The van der Waals surface area contributed by atoms with Crippen LogP contribution >= 0.6 is 11.6 Å². The smallest absolute Gasteiger partial charge is 0.124 e. The lowest BCUT2D eigenvalue weighted by atomic mass is 9.95. The van der Waals surface area contributed by atoms with E-state index >= 15 is 0 Å². The third kappa shape index (κ3) is 3.79. The molecule has 2 aromatic carbocycles. The van der Waals surface area contributed by atoms with Crippen LogP contribution in [0.5, 0.6) is 0 Å². The molecule has 1 fully saturated rings. The van der Waals surface area contributed by atoms with Gasteiger partial charge >= 0.3 is 0 Å². The fourth-order valence-corrected chi connectivity index (χ4v) is 4.22. The fraction of sp³-hybridized carbons (Fsp3) is 0.364. The maximum atomic E-state index is 13.3. The molecule has 4 heteroatoms. The van der Waals surface area contributed by atoms with Gasteiger partial charge in [-0.25, -0.2) is 4.39 Å². The summed E-state index contributed by atoms with van der Waals surface area (Å²) >= 11 is 6.23. The minimum absolute atomic E-state index is 0.298. The summed E-state index contributed by atoms with van der Waals surface area (Å²) in [6.07, 6.45) is 8.81. The van der Waals surface area contributed by atoms with Crippen LogP contribution < -0.4 is 5.32 Å². The molecule has 0 radical (unpaired) electrons. The first-order valence-corrected chi connectivity index (χ1v) is 9.82. The van der Waals surface area contributed by atoms with Crippen LogP contribution in [-0.2, 0) is 13.1 Å². The zero-order valence-corrected chi connectivity index (χ0v) is 15.6. The predicted octanol–water partition coefficient (Wildman–Crippen LogP) is 5.90. The number of nitrogens with one attached hydrogen (secondary N) is 1. The number of hydrogen-bond donors (Lipinski definition) is 1. The van der Waals surface area contributed by atoms with Crippen molar-refractivity contribution in [1.29, 1.82) is 0 Å². The molecule has 0 aliphatic heterocycles. The van der Waals surface area contributed by atoms with Gasteiger partial charge in [0.2, 0.25) is 0 Å². The molecule has 2 nitrogen and oxygen atoms in total. The maximum Gasteiger partial charge on any atom is 0.124 e. The average molecular weight is 371 g/mol. The highest BCUT2D eigenvalue weighted by atomic mass is 35.5. The molecule has 1 heterocycles. The Hall–Kier alpha value is -1.84. The molecule has 0 bridgehead atoms. The van der Waals surface area contributed by atoms with Crippen LogP contribution in [0.3, 0.4) is 0 Å². The Balaban J connectivity index is 1.59. The first-order valence-electron chi connectivity index (χ1n) is 9.45. The molecule has 3 aromatic rings. The van der Waals surface area contributed by atoms with Crippen molar-refractivity contribution in [1.82, 2.24) is 9.88 Å². The maximum absolute atomic E-state index is 13.3. The zero-order chi connectivity index (χ0) is 17.9. The van der Waals surface area contributed by atoms with Crippen molar-refractivity contribution in [2.24, 2.45) is 0 Å². The van der Waals surface area contributed by atoms with E-state index in [1.807, 2.05) is 0 Å². The molecular weight excluding hydrogens is 347 g/mol. The molecule has 0 saturated heterocycles. The van der Waals surface area contributed by atoms with Crippen LogP contribution in [0.25, 0.3) is 10.9 Å². The molecule has 0 spiro atoms. The number of rotatable bonds is 5. The Labute approximate surface area is 159 Å². The molecular formula is C22H24ClFN2. The first-order chi connectivity index (χ1) is 12.7. The number of fused-ring (bicyclic) bond motifs is 1. The van der Waals surface area contributed by atoms with E-state index in [0.29, 0.717) is 17.6 Å². The van der Waals surface area contributed by atoms with Crippen LogP contribution in [0.4, 0.5) is 4.39 Å². The van der Waals surface area contributed by atoms with Crippen LogP contribution in [-0.4, -0.2) is 10.6 Å². The van der Waals surface area contributed by atoms with Gasteiger partial charge in [-0.2, -0.15) is 0 Å². The van der Waals surface area contributed by atoms with E-state index in [0.717, 1.165) is 12.1 Å². The van der Waals surface area contributed by atoms with Crippen LogP contribution in [0.2, 0.25) is 5.02 Å². The van der Waals surface area contributed by atoms with Gasteiger partial charge in [0.25, 0.3) is 0 Å². The monoisotopic (exact) mass is 370 g/mol. The number of hydrogen-bond acceptors (Lipinski definition) is 1. The van der Waals surface area contributed by atoms with E-state index in [2.05, 4.69) is 40.3 Å². The van der Waals surface area contributed by atoms with Crippen LogP contribution in [0.1, 0.15) is 43.2 Å². The third-order valence-electron chi connectivity index (χ3n) is 5.41. The van der Waals surface area contributed by atoms with Crippen molar-refractivity contribution in [2.75, 3.05) is 0 Å². The van der Waals surface area contributed by atoms with Gasteiger partial charge in [0, 0.05) is 41.3 Å². The van der Waals surface area contributed by atoms with E-state index in [9.17, 15) is 4.39 Å². The molecule has 4 rings (SSSR count). The van der Waals surface area contributed by atoms with E-state index in [4.69, 9.17) is 11.6 Å². The van der Waals surface area contributed by atoms with Crippen molar-refractivity contribution < 1.29 is 4.39 Å². The Morgan fingerprint density at radius 3 is 2.65 bits per heavy atom. The minimum Gasteiger partial charge on any atom is -0.343 e. The second-order valence-corrected chi connectivity index (χ2v) is 7.66. The Morgan fingerprint density at radius 2 is 1.85 bits per heavy atom. The molecule has 1 aliphatic rings. The number of nitrogens with zero attached hydrogens (tertiary/aromatic N) is 1. The lowest BCUT2D eigenvalue weighted by Crippen LogP contribution is -2.30. The quantitative estimate of drug-likeness (QED) is 0.591. The molecule has 0 atom stereocenters. The van der Waals surface area contributed by atoms with E-state index in [1.165, 1.54) is 60.7 Å². The van der Waals surface area contributed by atoms with Gasteiger partial charge in [0.1, 0.15) is 5.82 Å². The lowest BCUT2D eigenvalue weighted by molar-refractivity contribution is 0.372. The van der Waals surface area contributed by atoms with Crippen molar-refractivity contribution >= 4 is 22.5 Å². The van der Waals surface area contributed by atoms with Crippen LogP contribution in [0.15, 0.2) is 48.7 Å². The minimum atomic E-state index is -0.298. The highest BCUT2D eigenvalue weighted by Gasteiger charge is 2.15. The van der Waals surface area contributed by atoms with E-state index in [-0.39, 0.29) is 5.82 Å². The number of benzene rings is 2. The molecule has 0 amide bonds. The normalized spacial score (nSPS) is 15.6. The van der Waals surface area contributed by atoms with Crippen molar-refractivity contribution in [3.05, 3.63) is 70.6 Å². The van der Waals surface area contributed by atoms with Gasteiger partial charge < -0.3 is 9.88 Å². The van der Waals surface area contributed by atoms with Gasteiger partial charge in [0.15, 0.2) is 0 Å². The molecule has 1 aromatic heterocycles. The van der Waals surface area contributed by atoms with Crippen molar-refractivity contribution in [3.63, 3.8) is 0 Å². The summed E-state index contributed by atoms with van der Waals surface area (Å²) in [7, 11) is 0. The van der Waals surface area contributed by atoms with Gasteiger partial charge in [-0.1, -0.05) is 55.1 Å². The standard InChI is InChI=1S/C22H24ClFN2/c23-21-12-18(24)11-10-16(21)14-26-15-17(20-8-4-5-9-22(20)26)13-25-19-6-2-1-3-7-19/h4-5,8-12,15,19,25H,1-3,6-7,13-14H2. The van der Waals surface area contributed by atoms with E-state index < -0.39 is 0 Å². The second-order valence-electron chi connectivity index (χ2n) is 7.25. The molecule has 1 aliphatic carbocycles. The first kappa shape index (κ1) is 17.6. The highest BCUT2D eigenvalue weighted by Crippen LogP contribution is 2.26. The number of aromatic nitrogens is 1. The Morgan fingerprint density at radius 1 is 1.04 bits per heavy atom. The van der Waals surface area contributed by atoms with Gasteiger partial charge in [0.05, 0.1) is 0 Å². The summed E-state index contributed by atoms with van der Waals surface area (Å²) in [5, 5.41) is 5.49. The largest absolute Gasteiger partial charge is 0.343 e. The van der Waals surface area contributed by atoms with Crippen molar-refractivity contribution in [2.45, 2.75) is 51.2 Å². The summed E-state index contributed by atoms with van der Waals surface area (Å²) in [6, 6.07) is 13.7. The summed E-state index contributed by atoms with van der Waals surface area (Å²) in [6.45, 7) is 1.53. The average Bonchev–Trinajstić information content (AvgIpc) is 3.01. The summed E-state index contributed by atoms with van der Waals surface area (Å²) in [5.41, 5.74) is 3.43. The predicted molar refractivity (Wildman–Crippen MR) is 106 cm³/mol. The summed E-state index contributed by atoms with van der Waals surface area (Å²) < 4.78 is 15.5. The molecule has 1 saturated carbocycles. The molecule has 136 valence electrons. The molecule has 0 unspecified atom stereocenters. The lowest BCUT2D eigenvalue weighted by Gasteiger charge is -2.22. The fourth-order valence-electron chi connectivity index (χ4n) is 3.99. The van der Waals surface area contributed by atoms with E-state index in [1.54, 1.807) is 6.07 Å². The Bertz CT molecular complexity index is 896. The third-order valence-corrected chi connectivity index (χ3v) is 5.77. The SMILES string of the molecule is Fc1ccc(Cn2cc(CNC3CCCCC3)c3ccccc32)c(Cl)c1. The van der Waals surface area contributed by atoms with Gasteiger partial charge in [-0.3, -0.25) is 0 Å². The highest BCUT2D eigenvalue weighted by molar-refractivity contribution is 6.31. The van der Waals surface area contributed by atoms with Gasteiger partial charge in [-0.15, -0.1) is 0 Å². The molecule has 1 N–H and O–H groups in total. The van der Waals surface area contributed by atoms with Gasteiger partial charge in [-0.05, 0) is 42.2 Å². The zero-order valence-electron chi connectivity index (χ0n) is 14.8. The topological polar surface area (TPSA) is 17.0 Å². The number of para-hydroxylation sites is 1. The van der Waals surface area contributed by atoms with Crippen molar-refractivity contribution in [3.8, 4) is 0 Å². The summed E-state index contributed by atoms with van der Waals surface area (Å²) in [4.78, 5) is 0.